The van der Waals surface area contributed by atoms with Gasteiger partial charge in [0.15, 0.2) is 17.3 Å². The first kappa shape index (κ1) is 19.3. The third kappa shape index (κ3) is 5.04. The number of fused-ring (bicyclic) bond motifs is 1. The zero-order valence-electron chi connectivity index (χ0n) is 15.5. The molecule has 3 rings (SSSR count). The number of amides is 1. The molecule has 2 aromatic rings. The largest absolute Gasteiger partial charge is 0.486 e. The lowest BCUT2D eigenvalue weighted by Crippen LogP contribution is -2.27. The molecule has 1 amide bonds. The van der Waals surface area contributed by atoms with Gasteiger partial charge in [-0.05, 0) is 43.0 Å². The second-order valence-electron chi connectivity index (χ2n) is 6.34. The lowest BCUT2D eigenvalue weighted by Gasteiger charge is -2.21. The molecule has 0 bridgehead atoms. The average molecular weight is 385 g/mol. The van der Waals surface area contributed by atoms with E-state index >= 15 is 0 Å². The van der Waals surface area contributed by atoms with Gasteiger partial charge in [0, 0.05) is 23.3 Å². The number of benzene rings is 2. The minimum absolute atomic E-state index is 0.0233. The van der Waals surface area contributed by atoms with Crippen molar-refractivity contribution in [3.05, 3.63) is 53.6 Å². The minimum Gasteiger partial charge on any atom is -0.486 e. The van der Waals surface area contributed by atoms with Crippen LogP contribution < -0.4 is 14.8 Å². The number of Topliss-reactive ketones (excluding diaryl/α,β-unsaturated/α-hetero) is 1. The van der Waals surface area contributed by atoms with E-state index in [2.05, 4.69) is 5.32 Å². The summed E-state index contributed by atoms with van der Waals surface area (Å²) in [4.78, 5) is 25.6. The van der Waals surface area contributed by atoms with Crippen molar-refractivity contribution < 1.29 is 19.1 Å². The Morgan fingerprint density at radius 1 is 1.04 bits per heavy atom. The van der Waals surface area contributed by atoms with Crippen molar-refractivity contribution in [2.45, 2.75) is 30.7 Å². The predicted molar refractivity (Wildman–Crippen MR) is 106 cm³/mol. The van der Waals surface area contributed by atoms with E-state index in [1.165, 1.54) is 0 Å². The van der Waals surface area contributed by atoms with Gasteiger partial charge in [0.25, 0.3) is 0 Å². The highest BCUT2D eigenvalue weighted by molar-refractivity contribution is 7.98. The molecular formula is C21H23NO4S. The fourth-order valence-electron chi connectivity index (χ4n) is 2.87. The summed E-state index contributed by atoms with van der Waals surface area (Å²) in [7, 11) is 0. The fourth-order valence-corrected chi connectivity index (χ4v) is 3.28. The van der Waals surface area contributed by atoms with E-state index in [1.807, 2.05) is 55.6 Å². The summed E-state index contributed by atoms with van der Waals surface area (Å²) in [6.45, 7) is 2.98. The van der Waals surface area contributed by atoms with Crippen molar-refractivity contribution in [3.63, 3.8) is 0 Å². The van der Waals surface area contributed by atoms with Crippen molar-refractivity contribution in [1.29, 1.82) is 0 Å². The fraction of sp³-hybridized carbons (Fsp3) is 0.333. The van der Waals surface area contributed by atoms with Crippen LogP contribution in [0.3, 0.4) is 0 Å². The van der Waals surface area contributed by atoms with Crippen LogP contribution in [0.25, 0.3) is 0 Å². The van der Waals surface area contributed by atoms with Crippen LogP contribution in [-0.4, -0.2) is 31.2 Å². The zero-order chi connectivity index (χ0) is 19.2. The van der Waals surface area contributed by atoms with Crippen LogP contribution in [0.4, 0.5) is 0 Å². The molecule has 5 nitrogen and oxygen atoms in total. The number of carbonyl (C=O) groups excluding carboxylic acids is 2. The number of thioether (sulfide) groups is 1. The third-order valence-corrected chi connectivity index (χ3v) is 5.18. The summed E-state index contributed by atoms with van der Waals surface area (Å²) >= 11 is 1.63. The van der Waals surface area contributed by atoms with Crippen LogP contribution in [0.15, 0.2) is 47.4 Å². The van der Waals surface area contributed by atoms with Crippen LogP contribution in [0, 0.1) is 0 Å². The molecule has 6 heteroatoms. The van der Waals surface area contributed by atoms with Gasteiger partial charge in [-0.2, -0.15) is 0 Å². The average Bonchev–Trinajstić information content (AvgIpc) is 2.71. The van der Waals surface area contributed by atoms with Crippen LogP contribution >= 0.6 is 11.8 Å². The normalized spacial score (nSPS) is 13.7. The first-order valence-electron chi connectivity index (χ1n) is 8.93. The Bertz CT molecular complexity index is 819. The summed E-state index contributed by atoms with van der Waals surface area (Å²) in [5.41, 5.74) is 1.58. The van der Waals surface area contributed by atoms with Gasteiger partial charge < -0.3 is 14.8 Å². The second-order valence-corrected chi connectivity index (χ2v) is 7.22. The molecule has 0 aliphatic carbocycles. The maximum absolute atomic E-state index is 12.2. The van der Waals surface area contributed by atoms with Crippen molar-refractivity contribution >= 4 is 23.5 Å². The van der Waals surface area contributed by atoms with Gasteiger partial charge in [0.05, 0.1) is 6.04 Å². The first-order valence-corrected chi connectivity index (χ1v) is 10.2. The highest BCUT2D eigenvalue weighted by Gasteiger charge is 2.16. The number of ketones is 1. The van der Waals surface area contributed by atoms with E-state index in [4.69, 9.17) is 9.47 Å². The van der Waals surface area contributed by atoms with Gasteiger partial charge in [-0.25, -0.2) is 0 Å². The SMILES string of the molecule is CSc1ccc(C(=O)CCC(=O)N[C@@H](C)c2ccc3c(c2)OCCO3)cc1. The number of ether oxygens (including phenoxy) is 2. The summed E-state index contributed by atoms with van der Waals surface area (Å²) in [5.74, 6) is 1.25. The molecular weight excluding hydrogens is 362 g/mol. The van der Waals surface area contributed by atoms with Crippen LogP contribution in [-0.2, 0) is 4.79 Å². The molecule has 27 heavy (non-hydrogen) atoms. The lowest BCUT2D eigenvalue weighted by atomic mass is 10.1. The molecule has 1 aliphatic heterocycles. The molecule has 0 spiro atoms. The summed E-state index contributed by atoms with van der Waals surface area (Å²) in [5, 5.41) is 2.94. The van der Waals surface area contributed by atoms with Gasteiger partial charge >= 0.3 is 0 Å². The Morgan fingerprint density at radius 3 is 2.44 bits per heavy atom. The highest BCUT2D eigenvalue weighted by Crippen LogP contribution is 2.32. The molecule has 0 aromatic heterocycles. The van der Waals surface area contributed by atoms with Crippen molar-refractivity contribution in [1.82, 2.24) is 5.32 Å². The maximum atomic E-state index is 12.2. The van der Waals surface area contributed by atoms with E-state index in [9.17, 15) is 9.59 Å². The Balaban J connectivity index is 1.51. The first-order chi connectivity index (χ1) is 13.1. The number of hydrogen-bond acceptors (Lipinski definition) is 5. The van der Waals surface area contributed by atoms with Crippen LogP contribution in [0.2, 0.25) is 0 Å². The molecule has 1 aliphatic rings. The Morgan fingerprint density at radius 2 is 1.74 bits per heavy atom. The van der Waals surface area contributed by atoms with Crippen molar-refractivity contribution in [2.75, 3.05) is 19.5 Å². The monoisotopic (exact) mass is 385 g/mol. The van der Waals surface area contributed by atoms with E-state index < -0.39 is 0 Å². The van der Waals surface area contributed by atoms with Gasteiger partial charge in [-0.3, -0.25) is 9.59 Å². The van der Waals surface area contributed by atoms with Crippen LogP contribution in [0.1, 0.15) is 41.7 Å². The molecule has 142 valence electrons. The molecule has 0 saturated carbocycles. The summed E-state index contributed by atoms with van der Waals surface area (Å²) in [6.07, 6.45) is 2.35. The third-order valence-electron chi connectivity index (χ3n) is 4.43. The number of rotatable bonds is 7. The number of nitrogens with one attached hydrogen (secondary N) is 1. The van der Waals surface area contributed by atoms with Gasteiger partial charge in [0.2, 0.25) is 5.91 Å². The molecule has 0 unspecified atom stereocenters. The topological polar surface area (TPSA) is 64.6 Å². The minimum atomic E-state index is -0.177. The van der Waals surface area contributed by atoms with Gasteiger partial charge in [0.1, 0.15) is 13.2 Å². The molecule has 0 fully saturated rings. The quantitative estimate of drug-likeness (QED) is 0.576. The maximum Gasteiger partial charge on any atom is 0.220 e. The molecule has 1 heterocycles. The molecule has 1 N–H and O–H groups in total. The predicted octanol–water partition coefficient (Wildman–Crippen LogP) is 4.02. The molecule has 2 aromatic carbocycles. The van der Waals surface area contributed by atoms with E-state index in [0.29, 0.717) is 24.5 Å². The number of carbonyl (C=O) groups is 2. The van der Waals surface area contributed by atoms with Crippen molar-refractivity contribution in [2.24, 2.45) is 0 Å². The van der Waals surface area contributed by atoms with E-state index in [-0.39, 0.29) is 30.6 Å². The van der Waals surface area contributed by atoms with Crippen LogP contribution in [0.5, 0.6) is 11.5 Å². The van der Waals surface area contributed by atoms with E-state index in [1.54, 1.807) is 11.8 Å². The Labute approximate surface area is 163 Å². The molecule has 0 radical (unpaired) electrons. The molecule has 0 saturated heterocycles. The smallest absolute Gasteiger partial charge is 0.220 e. The standard InChI is InChI=1S/C21H23NO4S/c1-14(16-5-9-19-20(13-16)26-12-11-25-19)22-21(24)10-8-18(23)15-3-6-17(27-2)7-4-15/h3-7,9,13-14H,8,10-12H2,1-2H3,(H,22,24)/t14-/m0/s1. The second kappa shape index (κ2) is 8.95. The Kier molecular flexibility index (Phi) is 6.40. The van der Waals surface area contributed by atoms with Gasteiger partial charge in [-0.1, -0.05) is 18.2 Å². The molecule has 1 atom stereocenters. The number of hydrogen-bond donors (Lipinski definition) is 1. The highest BCUT2D eigenvalue weighted by atomic mass is 32.2. The zero-order valence-corrected chi connectivity index (χ0v) is 16.3. The van der Waals surface area contributed by atoms with E-state index in [0.717, 1.165) is 16.2 Å². The lowest BCUT2D eigenvalue weighted by molar-refractivity contribution is -0.121. The summed E-state index contributed by atoms with van der Waals surface area (Å²) in [6, 6.07) is 12.9. The van der Waals surface area contributed by atoms with Crippen molar-refractivity contribution in [3.8, 4) is 11.5 Å². The Hall–Kier alpha value is -2.47. The summed E-state index contributed by atoms with van der Waals surface area (Å²) < 4.78 is 11.1. The van der Waals surface area contributed by atoms with Gasteiger partial charge in [-0.15, -0.1) is 11.8 Å².